The zero-order valence-corrected chi connectivity index (χ0v) is 17.9. The van der Waals surface area contributed by atoms with Gasteiger partial charge < -0.3 is 15.5 Å². The summed E-state index contributed by atoms with van der Waals surface area (Å²) in [5.74, 6) is 3.30. The second kappa shape index (κ2) is 7.73. The summed E-state index contributed by atoms with van der Waals surface area (Å²) in [5.41, 5.74) is 5.89. The summed E-state index contributed by atoms with van der Waals surface area (Å²) in [6.45, 7) is 6.52. The van der Waals surface area contributed by atoms with Crippen molar-refractivity contribution in [1.29, 1.82) is 0 Å². The van der Waals surface area contributed by atoms with Gasteiger partial charge in [-0.2, -0.15) is 15.0 Å². The number of aromatic nitrogens is 6. The Morgan fingerprint density at radius 2 is 1.79 bits per heavy atom. The third kappa shape index (κ3) is 4.01. The minimum atomic E-state index is -0.0000666. The molecule has 28 heavy (non-hydrogen) atoms. The molecule has 10 heteroatoms. The van der Waals surface area contributed by atoms with Gasteiger partial charge in [-0.25, -0.2) is 0 Å². The van der Waals surface area contributed by atoms with Crippen LogP contribution in [0.1, 0.15) is 56.6 Å². The van der Waals surface area contributed by atoms with Gasteiger partial charge in [0.25, 0.3) is 0 Å². The van der Waals surface area contributed by atoms with Crippen LogP contribution in [0.3, 0.4) is 0 Å². The average Bonchev–Trinajstić information content (AvgIpc) is 3.42. The summed E-state index contributed by atoms with van der Waals surface area (Å²) < 4.78 is 2.33. The topological polar surface area (TPSA) is 102 Å². The number of hydrogen-bond donors (Lipinski definition) is 1. The van der Waals surface area contributed by atoms with Crippen molar-refractivity contribution in [3.05, 3.63) is 5.82 Å². The number of anilines is 3. The fourth-order valence-electron chi connectivity index (χ4n) is 3.42. The van der Waals surface area contributed by atoms with Crippen molar-refractivity contribution in [3.8, 4) is 0 Å². The zero-order valence-electron chi connectivity index (χ0n) is 17.0. The number of nitrogen functional groups attached to an aromatic ring is 1. The van der Waals surface area contributed by atoms with Gasteiger partial charge in [-0.1, -0.05) is 18.7 Å². The van der Waals surface area contributed by atoms with Crippen LogP contribution in [0.15, 0.2) is 5.16 Å². The Labute approximate surface area is 170 Å². The molecule has 4 rings (SSSR count). The molecule has 0 radical (unpaired) electrons. The molecule has 0 aromatic carbocycles. The van der Waals surface area contributed by atoms with Crippen molar-refractivity contribution in [1.82, 2.24) is 29.7 Å². The van der Waals surface area contributed by atoms with E-state index >= 15 is 0 Å². The van der Waals surface area contributed by atoms with E-state index in [1.54, 1.807) is 11.8 Å². The lowest BCUT2D eigenvalue weighted by atomic mass is 10.00. The molecular formula is C18H29N9S. The molecule has 2 aromatic rings. The van der Waals surface area contributed by atoms with Crippen LogP contribution in [0.4, 0.5) is 17.8 Å². The van der Waals surface area contributed by atoms with Gasteiger partial charge in [-0.15, -0.1) is 10.2 Å². The first-order valence-corrected chi connectivity index (χ1v) is 10.9. The van der Waals surface area contributed by atoms with Gasteiger partial charge in [0.05, 0.1) is 5.25 Å². The molecule has 2 fully saturated rings. The minimum absolute atomic E-state index is 0.0000666. The van der Waals surface area contributed by atoms with E-state index < -0.39 is 0 Å². The van der Waals surface area contributed by atoms with Crippen LogP contribution in [0.5, 0.6) is 0 Å². The summed E-state index contributed by atoms with van der Waals surface area (Å²) in [6.07, 6.45) is 4.82. The molecule has 2 aromatic heterocycles. The summed E-state index contributed by atoms with van der Waals surface area (Å²) in [6, 6.07) is 0.514. The Bertz CT molecular complexity index is 824. The fourth-order valence-corrected chi connectivity index (χ4v) is 4.38. The largest absolute Gasteiger partial charge is 0.368 e. The van der Waals surface area contributed by atoms with Gasteiger partial charge in [0.2, 0.25) is 17.8 Å². The van der Waals surface area contributed by atoms with Crippen molar-refractivity contribution in [3.63, 3.8) is 0 Å². The molecule has 1 aliphatic carbocycles. The smallest absolute Gasteiger partial charge is 0.229 e. The van der Waals surface area contributed by atoms with Gasteiger partial charge in [0.15, 0.2) is 5.16 Å². The Kier molecular flexibility index (Phi) is 5.31. The molecular weight excluding hydrogens is 374 g/mol. The zero-order chi connectivity index (χ0) is 19.8. The van der Waals surface area contributed by atoms with Crippen LogP contribution < -0.4 is 15.5 Å². The van der Waals surface area contributed by atoms with Crippen LogP contribution in [0, 0.1) is 5.92 Å². The predicted molar refractivity (Wildman–Crippen MR) is 112 cm³/mol. The Hall–Kier alpha value is -2.10. The Morgan fingerprint density at radius 3 is 2.43 bits per heavy atom. The lowest BCUT2D eigenvalue weighted by Crippen LogP contribution is -2.34. The van der Waals surface area contributed by atoms with E-state index in [0.717, 1.165) is 30.1 Å². The molecule has 0 bridgehead atoms. The van der Waals surface area contributed by atoms with Crippen molar-refractivity contribution in [2.24, 2.45) is 5.92 Å². The number of piperidine rings is 1. The number of nitrogens with zero attached hydrogens (tertiary/aromatic N) is 8. The SMILES string of the molecule is CC1CCN(c2nnc(S[C@@H](C)c3nc(N)nc(N(C)C)n3)n2C2CC2)CC1. The molecule has 152 valence electrons. The molecule has 2 aliphatic rings. The second-order valence-corrected chi connectivity index (χ2v) is 9.37. The number of nitrogens with two attached hydrogens (primary N) is 1. The molecule has 9 nitrogen and oxygen atoms in total. The Balaban J connectivity index is 1.57. The van der Waals surface area contributed by atoms with Crippen molar-refractivity contribution in [2.45, 2.75) is 56.0 Å². The molecule has 0 unspecified atom stereocenters. The third-order valence-electron chi connectivity index (χ3n) is 5.33. The summed E-state index contributed by atoms with van der Waals surface area (Å²) in [7, 11) is 3.79. The lowest BCUT2D eigenvalue weighted by molar-refractivity contribution is 0.429. The molecule has 3 heterocycles. The van der Waals surface area contributed by atoms with E-state index in [2.05, 4.69) is 48.5 Å². The van der Waals surface area contributed by atoms with Crippen molar-refractivity contribution < 1.29 is 0 Å². The van der Waals surface area contributed by atoms with Crippen LogP contribution in [0.25, 0.3) is 0 Å². The highest BCUT2D eigenvalue weighted by Crippen LogP contribution is 2.44. The van der Waals surface area contributed by atoms with E-state index in [9.17, 15) is 0 Å². The molecule has 1 saturated carbocycles. The van der Waals surface area contributed by atoms with Crippen molar-refractivity contribution >= 4 is 29.6 Å². The molecule has 1 saturated heterocycles. The van der Waals surface area contributed by atoms with E-state index in [0.29, 0.717) is 17.8 Å². The fraction of sp³-hybridized carbons (Fsp3) is 0.722. The number of hydrogen-bond acceptors (Lipinski definition) is 9. The van der Waals surface area contributed by atoms with Crippen LogP contribution >= 0.6 is 11.8 Å². The number of rotatable bonds is 6. The highest BCUT2D eigenvalue weighted by molar-refractivity contribution is 7.99. The average molecular weight is 404 g/mol. The standard InChI is InChI=1S/C18H29N9S/c1-11-7-9-26(10-8-11)17-23-24-18(27(17)13-5-6-13)28-12(2)14-20-15(19)22-16(21-14)25(3)4/h11-13H,5-10H2,1-4H3,(H2,19,20,21,22)/t12-/m0/s1. The van der Waals surface area contributed by atoms with Crippen LogP contribution in [0.2, 0.25) is 0 Å². The van der Waals surface area contributed by atoms with Crippen LogP contribution in [-0.2, 0) is 0 Å². The minimum Gasteiger partial charge on any atom is -0.368 e. The molecule has 1 aliphatic heterocycles. The van der Waals surface area contributed by atoms with E-state index in [-0.39, 0.29) is 11.2 Å². The van der Waals surface area contributed by atoms with Crippen LogP contribution in [-0.4, -0.2) is 56.9 Å². The second-order valence-electron chi connectivity index (χ2n) is 8.06. The summed E-state index contributed by atoms with van der Waals surface area (Å²) in [4.78, 5) is 17.3. The van der Waals surface area contributed by atoms with Gasteiger partial charge in [0.1, 0.15) is 5.82 Å². The molecule has 0 spiro atoms. The van der Waals surface area contributed by atoms with Gasteiger partial charge in [-0.05, 0) is 38.5 Å². The first kappa shape index (κ1) is 19.2. The molecule has 2 N–H and O–H groups in total. The Morgan fingerprint density at radius 1 is 1.07 bits per heavy atom. The monoisotopic (exact) mass is 403 g/mol. The maximum atomic E-state index is 5.89. The van der Waals surface area contributed by atoms with Gasteiger partial charge >= 0.3 is 0 Å². The van der Waals surface area contributed by atoms with Crippen molar-refractivity contribution in [2.75, 3.05) is 42.7 Å². The van der Waals surface area contributed by atoms with E-state index in [4.69, 9.17) is 5.73 Å². The predicted octanol–water partition coefficient (Wildman–Crippen LogP) is 2.54. The highest BCUT2D eigenvalue weighted by atomic mass is 32.2. The third-order valence-corrected chi connectivity index (χ3v) is 6.38. The quantitative estimate of drug-likeness (QED) is 0.729. The first-order valence-electron chi connectivity index (χ1n) is 9.97. The first-order chi connectivity index (χ1) is 13.4. The van der Waals surface area contributed by atoms with Gasteiger partial charge in [0, 0.05) is 33.2 Å². The lowest BCUT2D eigenvalue weighted by Gasteiger charge is -2.31. The summed E-state index contributed by atoms with van der Waals surface area (Å²) >= 11 is 1.64. The maximum absolute atomic E-state index is 5.89. The molecule has 0 amide bonds. The van der Waals surface area contributed by atoms with E-state index in [1.165, 1.54) is 25.7 Å². The maximum Gasteiger partial charge on any atom is 0.229 e. The summed E-state index contributed by atoms with van der Waals surface area (Å²) in [5, 5.41) is 10.0. The highest BCUT2D eigenvalue weighted by Gasteiger charge is 2.33. The molecule has 1 atom stereocenters. The number of thioether (sulfide) groups is 1. The normalized spacial score (nSPS) is 19.1. The van der Waals surface area contributed by atoms with E-state index in [1.807, 2.05) is 19.0 Å². The van der Waals surface area contributed by atoms with Gasteiger partial charge in [-0.3, -0.25) is 4.57 Å².